The summed E-state index contributed by atoms with van der Waals surface area (Å²) in [4.78, 5) is 6.66. The standard InChI is InChI=1S/C13H23N5.HI/c1-10-4-6-18(7-5-10)13(14)15-9-12-8-11(2)16-17(12)3;/h8,10H,4-7,9H2,1-3H3,(H2,14,15);1H. The number of hydrogen-bond acceptors (Lipinski definition) is 2. The maximum Gasteiger partial charge on any atom is 0.191 e. The number of hydrogen-bond donors (Lipinski definition) is 1. The molecule has 108 valence electrons. The van der Waals surface area contributed by atoms with Crippen LogP contribution < -0.4 is 5.73 Å². The molecular formula is C13H24IN5. The van der Waals surface area contributed by atoms with E-state index in [1.54, 1.807) is 0 Å². The Kier molecular flexibility index (Phi) is 6.09. The second-order valence-corrected chi connectivity index (χ2v) is 5.24. The number of rotatable bonds is 2. The number of likely N-dealkylation sites (tertiary alicyclic amines) is 1. The third kappa shape index (κ3) is 4.36. The highest BCUT2D eigenvalue weighted by Gasteiger charge is 2.16. The van der Waals surface area contributed by atoms with E-state index in [4.69, 9.17) is 5.73 Å². The van der Waals surface area contributed by atoms with E-state index in [1.807, 2.05) is 18.7 Å². The van der Waals surface area contributed by atoms with Gasteiger partial charge in [-0.25, -0.2) is 4.99 Å². The van der Waals surface area contributed by atoms with Gasteiger partial charge in [-0.3, -0.25) is 4.68 Å². The van der Waals surface area contributed by atoms with E-state index in [9.17, 15) is 0 Å². The molecule has 1 saturated heterocycles. The molecule has 6 heteroatoms. The Morgan fingerprint density at radius 2 is 2.11 bits per heavy atom. The van der Waals surface area contributed by atoms with Gasteiger partial charge >= 0.3 is 0 Å². The van der Waals surface area contributed by atoms with E-state index < -0.39 is 0 Å². The summed E-state index contributed by atoms with van der Waals surface area (Å²) in [5, 5.41) is 4.30. The average molecular weight is 377 g/mol. The monoisotopic (exact) mass is 377 g/mol. The highest BCUT2D eigenvalue weighted by molar-refractivity contribution is 14.0. The van der Waals surface area contributed by atoms with Crippen LogP contribution in [0.1, 0.15) is 31.2 Å². The molecule has 2 N–H and O–H groups in total. The summed E-state index contributed by atoms with van der Waals surface area (Å²) in [5.41, 5.74) is 8.16. The molecule has 2 rings (SSSR count). The molecule has 0 atom stereocenters. The Labute approximate surface area is 132 Å². The van der Waals surface area contributed by atoms with Gasteiger partial charge in [-0.1, -0.05) is 6.92 Å². The number of halogens is 1. The van der Waals surface area contributed by atoms with E-state index in [-0.39, 0.29) is 24.0 Å². The third-order valence-electron chi connectivity index (χ3n) is 3.61. The van der Waals surface area contributed by atoms with Gasteiger partial charge in [0.1, 0.15) is 0 Å². The van der Waals surface area contributed by atoms with Gasteiger partial charge in [-0.2, -0.15) is 5.10 Å². The molecule has 5 nitrogen and oxygen atoms in total. The Balaban J connectivity index is 0.00000180. The second kappa shape index (κ2) is 7.12. The highest BCUT2D eigenvalue weighted by atomic mass is 127. The predicted octanol–water partition coefficient (Wildman–Crippen LogP) is 1.89. The van der Waals surface area contributed by atoms with Crippen molar-refractivity contribution in [2.45, 2.75) is 33.2 Å². The lowest BCUT2D eigenvalue weighted by molar-refractivity contribution is 0.277. The molecule has 0 amide bonds. The number of guanidine groups is 1. The average Bonchev–Trinajstić information content (AvgIpc) is 2.66. The van der Waals surface area contributed by atoms with Crippen molar-refractivity contribution < 1.29 is 0 Å². The fourth-order valence-electron chi connectivity index (χ4n) is 2.31. The van der Waals surface area contributed by atoms with E-state index >= 15 is 0 Å². The van der Waals surface area contributed by atoms with Crippen LogP contribution in [0, 0.1) is 12.8 Å². The minimum atomic E-state index is 0. The maximum atomic E-state index is 6.04. The van der Waals surface area contributed by atoms with Crippen LogP contribution in [-0.2, 0) is 13.6 Å². The van der Waals surface area contributed by atoms with E-state index in [2.05, 4.69) is 28.0 Å². The summed E-state index contributed by atoms with van der Waals surface area (Å²) in [6.45, 7) is 6.95. The van der Waals surface area contributed by atoms with Crippen molar-refractivity contribution in [1.82, 2.24) is 14.7 Å². The Hall–Kier alpha value is -0.790. The minimum absolute atomic E-state index is 0. The molecule has 0 bridgehead atoms. The maximum absolute atomic E-state index is 6.04. The van der Waals surface area contributed by atoms with Crippen LogP contribution in [0.15, 0.2) is 11.1 Å². The van der Waals surface area contributed by atoms with Gasteiger partial charge < -0.3 is 10.6 Å². The zero-order chi connectivity index (χ0) is 13.1. The Morgan fingerprint density at radius 1 is 1.47 bits per heavy atom. The van der Waals surface area contributed by atoms with Crippen LogP contribution in [0.4, 0.5) is 0 Å². The van der Waals surface area contributed by atoms with E-state index in [0.717, 1.165) is 30.4 Å². The predicted molar refractivity (Wildman–Crippen MR) is 88.7 cm³/mol. The van der Waals surface area contributed by atoms with Crippen molar-refractivity contribution in [3.05, 3.63) is 17.5 Å². The van der Waals surface area contributed by atoms with Crippen LogP contribution in [0.3, 0.4) is 0 Å². The third-order valence-corrected chi connectivity index (χ3v) is 3.61. The number of nitrogens with zero attached hydrogens (tertiary/aromatic N) is 4. The molecule has 1 aliphatic heterocycles. The topological polar surface area (TPSA) is 59.4 Å². The van der Waals surface area contributed by atoms with Gasteiger partial charge in [-0.05, 0) is 31.7 Å². The Bertz CT molecular complexity index is 432. The molecule has 0 radical (unpaired) electrons. The number of piperidine rings is 1. The fraction of sp³-hybridized carbons (Fsp3) is 0.692. The van der Waals surface area contributed by atoms with E-state index in [1.165, 1.54) is 12.8 Å². The van der Waals surface area contributed by atoms with Crippen LogP contribution in [0.25, 0.3) is 0 Å². The van der Waals surface area contributed by atoms with E-state index in [0.29, 0.717) is 12.5 Å². The zero-order valence-corrected chi connectivity index (χ0v) is 14.3. The summed E-state index contributed by atoms with van der Waals surface area (Å²) >= 11 is 0. The van der Waals surface area contributed by atoms with Gasteiger partial charge in [0.05, 0.1) is 17.9 Å². The molecule has 1 aromatic rings. The van der Waals surface area contributed by atoms with Crippen molar-refractivity contribution in [1.29, 1.82) is 0 Å². The fourth-order valence-corrected chi connectivity index (χ4v) is 2.31. The smallest absolute Gasteiger partial charge is 0.191 e. The van der Waals surface area contributed by atoms with Gasteiger partial charge in [0.2, 0.25) is 0 Å². The molecule has 0 unspecified atom stereocenters. The van der Waals surface area contributed by atoms with Gasteiger partial charge in [0.15, 0.2) is 5.96 Å². The quantitative estimate of drug-likeness (QED) is 0.487. The minimum Gasteiger partial charge on any atom is -0.370 e. The van der Waals surface area contributed by atoms with Crippen LogP contribution in [-0.4, -0.2) is 33.7 Å². The number of nitrogens with two attached hydrogens (primary N) is 1. The summed E-state index contributed by atoms with van der Waals surface area (Å²) in [7, 11) is 1.94. The summed E-state index contributed by atoms with van der Waals surface area (Å²) in [6.07, 6.45) is 2.42. The summed E-state index contributed by atoms with van der Waals surface area (Å²) in [6, 6.07) is 2.05. The van der Waals surface area contributed by atoms with Crippen LogP contribution in [0.5, 0.6) is 0 Å². The van der Waals surface area contributed by atoms with Crippen LogP contribution in [0.2, 0.25) is 0 Å². The van der Waals surface area contributed by atoms with Crippen molar-refractivity contribution in [3.8, 4) is 0 Å². The SMILES string of the molecule is Cc1cc(CN=C(N)N2CCC(C)CC2)n(C)n1.I. The summed E-state index contributed by atoms with van der Waals surface area (Å²) in [5.74, 6) is 1.48. The van der Waals surface area contributed by atoms with Crippen molar-refractivity contribution >= 4 is 29.9 Å². The molecule has 0 aliphatic carbocycles. The molecule has 2 heterocycles. The lowest BCUT2D eigenvalue weighted by Gasteiger charge is -2.31. The largest absolute Gasteiger partial charge is 0.370 e. The molecule has 19 heavy (non-hydrogen) atoms. The van der Waals surface area contributed by atoms with Crippen LogP contribution >= 0.6 is 24.0 Å². The molecule has 0 saturated carbocycles. The van der Waals surface area contributed by atoms with Gasteiger partial charge in [-0.15, -0.1) is 24.0 Å². The van der Waals surface area contributed by atoms with Crippen molar-refractivity contribution in [3.63, 3.8) is 0 Å². The number of aliphatic imine (C=N–C) groups is 1. The normalized spacial score (nSPS) is 17.4. The first-order valence-electron chi connectivity index (χ1n) is 6.60. The zero-order valence-electron chi connectivity index (χ0n) is 12.0. The molecule has 1 aliphatic rings. The van der Waals surface area contributed by atoms with Crippen molar-refractivity contribution in [2.75, 3.05) is 13.1 Å². The molecule has 1 aromatic heterocycles. The first-order valence-corrected chi connectivity index (χ1v) is 6.60. The Morgan fingerprint density at radius 3 is 2.63 bits per heavy atom. The number of aryl methyl sites for hydroxylation is 2. The molecule has 1 fully saturated rings. The van der Waals surface area contributed by atoms with Gasteiger partial charge in [0, 0.05) is 20.1 Å². The lowest BCUT2D eigenvalue weighted by atomic mass is 10.00. The van der Waals surface area contributed by atoms with Crippen molar-refractivity contribution in [2.24, 2.45) is 23.7 Å². The number of aromatic nitrogens is 2. The summed E-state index contributed by atoms with van der Waals surface area (Å²) < 4.78 is 1.87. The molecule has 0 spiro atoms. The highest BCUT2D eigenvalue weighted by Crippen LogP contribution is 2.15. The lowest BCUT2D eigenvalue weighted by Crippen LogP contribution is -2.42. The molecular weight excluding hydrogens is 353 g/mol. The second-order valence-electron chi connectivity index (χ2n) is 5.24. The molecule has 0 aromatic carbocycles. The first-order chi connectivity index (χ1) is 8.56. The first kappa shape index (κ1) is 16.3. The van der Waals surface area contributed by atoms with Gasteiger partial charge in [0.25, 0.3) is 0 Å².